The van der Waals surface area contributed by atoms with Gasteiger partial charge >= 0.3 is 0 Å². The van der Waals surface area contributed by atoms with E-state index in [9.17, 15) is 9.90 Å². The summed E-state index contributed by atoms with van der Waals surface area (Å²) >= 11 is 0. The first-order valence-electron chi connectivity index (χ1n) is 7.69. The molecule has 3 rings (SSSR count). The Balaban J connectivity index is 1.67. The lowest BCUT2D eigenvalue weighted by Gasteiger charge is -2.34. The fraction of sp³-hybridized carbons (Fsp3) is 0.588. The van der Waals surface area contributed by atoms with E-state index < -0.39 is 0 Å². The summed E-state index contributed by atoms with van der Waals surface area (Å²) in [4.78, 5) is 14.2. The molecule has 1 saturated heterocycles. The number of hydrogen-bond donors (Lipinski definition) is 1. The summed E-state index contributed by atoms with van der Waals surface area (Å²) in [5.74, 6) is 0.739. The number of carbonyl (C=O) groups is 1. The van der Waals surface area contributed by atoms with Crippen LogP contribution < -0.4 is 0 Å². The lowest BCUT2D eigenvalue weighted by Crippen LogP contribution is -2.35. The van der Waals surface area contributed by atoms with Crippen molar-refractivity contribution in [3.63, 3.8) is 0 Å². The Labute approximate surface area is 120 Å². The number of nitrogens with zero attached hydrogens (tertiary/aromatic N) is 1. The Morgan fingerprint density at radius 2 is 1.90 bits per heavy atom. The highest BCUT2D eigenvalue weighted by atomic mass is 16.3. The molecule has 3 nitrogen and oxygen atoms in total. The van der Waals surface area contributed by atoms with Crippen LogP contribution in [-0.4, -0.2) is 28.6 Å². The summed E-state index contributed by atoms with van der Waals surface area (Å²) in [6, 6.07) is 10.2. The Bertz CT molecular complexity index is 469. The molecule has 0 bridgehead atoms. The van der Waals surface area contributed by atoms with Crippen LogP contribution in [-0.2, 0) is 4.79 Å². The van der Waals surface area contributed by atoms with E-state index >= 15 is 0 Å². The zero-order chi connectivity index (χ0) is 14.1. The van der Waals surface area contributed by atoms with Gasteiger partial charge in [0.15, 0.2) is 0 Å². The van der Waals surface area contributed by atoms with Crippen LogP contribution in [0.1, 0.15) is 44.2 Å². The topological polar surface area (TPSA) is 40.5 Å². The van der Waals surface area contributed by atoms with Crippen LogP contribution in [0, 0.1) is 11.8 Å². The average Bonchev–Trinajstić information content (AvgIpc) is 2.79. The minimum Gasteiger partial charge on any atom is -0.392 e. The molecular weight excluding hydrogens is 250 g/mol. The number of aliphatic hydroxyl groups is 1. The molecule has 3 atom stereocenters. The molecule has 0 unspecified atom stereocenters. The van der Waals surface area contributed by atoms with Gasteiger partial charge in [-0.1, -0.05) is 36.8 Å². The predicted molar refractivity (Wildman–Crippen MR) is 78.0 cm³/mol. The Hall–Kier alpha value is -1.35. The van der Waals surface area contributed by atoms with Crippen LogP contribution in [0.2, 0.25) is 0 Å². The molecule has 0 aromatic heterocycles. The summed E-state index contributed by atoms with van der Waals surface area (Å²) in [7, 11) is 0. The zero-order valence-corrected chi connectivity index (χ0v) is 12.0. The van der Waals surface area contributed by atoms with Crippen molar-refractivity contribution in [2.24, 2.45) is 11.8 Å². The van der Waals surface area contributed by atoms with Crippen LogP contribution in [0.3, 0.4) is 0 Å². The first-order chi connectivity index (χ1) is 9.66. The van der Waals surface area contributed by atoms with Crippen molar-refractivity contribution < 1.29 is 9.90 Å². The first kappa shape index (κ1) is 13.6. The Morgan fingerprint density at radius 1 is 1.20 bits per heavy atom. The van der Waals surface area contributed by atoms with E-state index in [4.69, 9.17) is 0 Å². The summed E-state index contributed by atoms with van der Waals surface area (Å²) in [5.41, 5.74) is 1.17. The van der Waals surface area contributed by atoms with Crippen molar-refractivity contribution in [2.75, 3.05) is 6.54 Å². The van der Waals surface area contributed by atoms with E-state index in [0.717, 1.165) is 12.8 Å². The van der Waals surface area contributed by atoms with Crippen LogP contribution in [0.5, 0.6) is 0 Å². The third-order valence-corrected chi connectivity index (χ3v) is 5.05. The van der Waals surface area contributed by atoms with Crippen LogP contribution in [0.15, 0.2) is 30.3 Å². The second-order valence-corrected chi connectivity index (χ2v) is 6.28. The smallest absolute Gasteiger partial charge is 0.223 e. The second-order valence-electron chi connectivity index (χ2n) is 6.28. The molecule has 1 N–H and O–H groups in total. The molecule has 1 heterocycles. The molecule has 1 aliphatic carbocycles. The van der Waals surface area contributed by atoms with Crippen LogP contribution >= 0.6 is 0 Å². The molecule has 2 fully saturated rings. The third kappa shape index (κ3) is 2.47. The maximum Gasteiger partial charge on any atom is 0.223 e. The van der Waals surface area contributed by atoms with Crippen molar-refractivity contribution in [2.45, 2.75) is 44.8 Å². The quantitative estimate of drug-likeness (QED) is 0.916. The summed E-state index contributed by atoms with van der Waals surface area (Å²) < 4.78 is 0. The summed E-state index contributed by atoms with van der Waals surface area (Å²) in [6.07, 6.45) is 3.70. The van der Waals surface area contributed by atoms with Gasteiger partial charge in [-0.3, -0.25) is 4.79 Å². The molecule has 1 amide bonds. The van der Waals surface area contributed by atoms with Gasteiger partial charge in [0, 0.05) is 18.9 Å². The summed E-state index contributed by atoms with van der Waals surface area (Å²) in [5, 5.41) is 10.4. The normalized spacial score (nSPS) is 26.4. The molecule has 0 radical (unpaired) electrons. The van der Waals surface area contributed by atoms with Gasteiger partial charge in [0.1, 0.15) is 0 Å². The van der Waals surface area contributed by atoms with Crippen molar-refractivity contribution >= 4 is 5.91 Å². The number of hydrogen-bond acceptors (Lipinski definition) is 2. The largest absolute Gasteiger partial charge is 0.392 e. The monoisotopic (exact) mass is 273 g/mol. The van der Waals surface area contributed by atoms with Gasteiger partial charge in [-0.15, -0.1) is 0 Å². The van der Waals surface area contributed by atoms with E-state index in [1.807, 2.05) is 23.1 Å². The second kappa shape index (κ2) is 5.57. The highest BCUT2D eigenvalue weighted by molar-refractivity contribution is 5.79. The molecule has 1 aliphatic heterocycles. The number of amides is 1. The third-order valence-electron chi connectivity index (χ3n) is 5.05. The van der Waals surface area contributed by atoms with Crippen molar-refractivity contribution in [1.82, 2.24) is 4.90 Å². The highest BCUT2D eigenvalue weighted by Crippen LogP contribution is 2.37. The van der Waals surface area contributed by atoms with Crippen LogP contribution in [0.25, 0.3) is 0 Å². The summed E-state index contributed by atoms with van der Waals surface area (Å²) in [6.45, 7) is 2.78. The predicted octanol–water partition coefficient (Wildman–Crippen LogP) is 2.76. The molecule has 1 aromatic carbocycles. The van der Waals surface area contributed by atoms with Crippen LogP contribution in [0.4, 0.5) is 0 Å². The van der Waals surface area contributed by atoms with Gasteiger partial charge in [-0.25, -0.2) is 0 Å². The lowest BCUT2D eigenvalue weighted by molar-refractivity contribution is -0.129. The van der Waals surface area contributed by atoms with Gasteiger partial charge in [0.2, 0.25) is 5.91 Å². The van der Waals surface area contributed by atoms with E-state index in [-0.39, 0.29) is 24.0 Å². The standard InChI is InChI=1S/C17H23NO2/c1-12(13-6-3-2-4-7-13)18-11-15(10-16(18)19)17(20)14-8-5-9-14/h2-4,6-7,12,14-15,17,20H,5,8-11H2,1H3/t12-,15-,17-/m1/s1. The number of rotatable bonds is 4. The van der Waals surface area contributed by atoms with Gasteiger partial charge in [0.05, 0.1) is 12.1 Å². The molecule has 3 heteroatoms. The highest BCUT2D eigenvalue weighted by Gasteiger charge is 2.40. The number of likely N-dealkylation sites (tertiary alicyclic amines) is 1. The SMILES string of the molecule is C[C@H](c1ccccc1)N1C[C@H]([C@H](O)C2CCC2)CC1=O. The molecule has 1 saturated carbocycles. The minimum atomic E-state index is -0.291. The molecular formula is C17H23NO2. The maximum atomic E-state index is 12.2. The number of carbonyl (C=O) groups excluding carboxylic acids is 1. The van der Waals surface area contributed by atoms with Crippen molar-refractivity contribution in [3.8, 4) is 0 Å². The van der Waals surface area contributed by atoms with Gasteiger partial charge in [-0.05, 0) is 31.2 Å². The average molecular weight is 273 g/mol. The Kier molecular flexibility index (Phi) is 3.79. The molecule has 108 valence electrons. The molecule has 2 aliphatic rings. The van der Waals surface area contributed by atoms with Gasteiger partial charge in [-0.2, -0.15) is 0 Å². The van der Waals surface area contributed by atoms with Gasteiger partial charge in [0.25, 0.3) is 0 Å². The lowest BCUT2D eigenvalue weighted by atomic mass is 9.76. The first-order valence-corrected chi connectivity index (χ1v) is 7.69. The molecule has 0 spiro atoms. The fourth-order valence-corrected chi connectivity index (χ4v) is 3.44. The van der Waals surface area contributed by atoms with Crippen molar-refractivity contribution in [3.05, 3.63) is 35.9 Å². The Morgan fingerprint density at radius 3 is 2.50 bits per heavy atom. The maximum absolute atomic E-state index is 12.2. The van der Waals surface area contributed by atoms with Crippen molar-refractivity contribution in [1.29, 1.82) is 0 Å². The molecule has 20 heavy (non-hydrogen) atoms. The number of aliphatic hydroxyl groups excluding tert-OH is 1. The molecule has 1 aromatic rings. The van der Waals surface area contributed by atoms with Gasteiger partial charge < -0.3 is 10.0 Å². The van der Waals surface area contributed by atoms with E-state index in [1.54, 1.807) is 0 Å². The van der Waals surface area contributed by atoms with E-state index in [0.29, 0.717) is 18.9 Å². The minimum absolute atomic E-state index is 0.0993. The zero-order valence-electron chi connectivity index (χ0n) is 12.0. The van der Waals surface area contributed by atoms with E-state index in [2.05, 4.69) is 19.1 Å². The van der Waals surface area contributed by atoms with E-state index in [1.165, 1.54) is 12.0 Å². The number of benzene rings is 1. The fourth-order valence-electron chi connectivity index (χ4n) is 3.44.